The molecule has 0 bridgehead atoms. The predicted octanol–water partition coefficient (Wildman–Crippen LogP) is 1.20. The molecule has 1 amide bonds. The van der Waals surface area contributed by atoms with Gasteiger partial charge in [0.2, 0.25) is 5.91 Å². The quantitative estimate of drug-likeness (QED) is 0.826. The van der Waals surface area contributed by atoms with Crippen LogP contribution < -0.4 is 10.6 Å². The Morgan fingerprint density at radius 1 is 1.53 bits per heavy atom. The normalized spacial score (nSPS) is 16.4. The highest BCUT2D eigenvalue weighted by Crippen LogP contribution is 2.17. The molecular formula is C12H20N4O. The van der Waals surface area contributed by atoms with E-state index in [1.165, 1.54) is 25.7 Å². The van der Waals surface area contributed by atoms with Gasteiger partial charge in [-0.15, -0.1) is 0 Å². The van der Waals surface area contributed by atoms with Crippen molar-refractivity contribution in [1.82, 2.24) is 15.1 Å². The van der Waals surface area contributed by atoms with Crippen molar-refractivity contribution in [2.75, 3.05) is 11.9 Å². The van der Waals surface area contributed by atoms with E-state index in [9.17, 15) is 4.79 Å². The Labute approximate surface area is 102 Å². The molecule has 1 aromatic heterocycles. The van der Waals surface area contributed by atoms with E-state index in [1.54, 1.807) is 4.68 Å². The average Bonchev–Trinajstić information content (AvgIpc) is 2.87. The monoisotopic (exact) mass is 236 g/mol. The number of anilines is 1. The number of nitrogens with zero attached hydrogens (tertiary/aromatic N) is 2. The van der Waals surface area contributed by atoms with Gasteiger partial charge in [0.25, 0.3) is 0 Å². The molecule has 1 heterocycles. The summed E-state index contributed by atoms with van der Waals surface area (Å²) in [5.74, 6) is 0.00741. The Morgan fingerprint density at radius 3 is 2.82 bits per heavy atom. The summed E-state index contributed by atoms with van der Waals surface area (Å²) in [6.07, 6.45) is 6.77. The minimum Gasteiger partial charge on any atom is -0.322 e. The standard InChI is InChI=1S/C12H20N4O/c1-9-11(8-16(2)15-9)14-12(17)7-13-10-5-3-4-6-10/h8,10,13H,3-7H2,1-2H3,(H,14,17). The SMILES string of the molecule is Cc1nn(C)cc1NC(=O)CNC1CCCC1. The van der Waals surface area contributed by atoms with Gasteiger partial charge in [0.05, 0.1) is 17.9 Å². The van der Waals surface area contributed by atoms with Gasteiger partial charge in [-0.05, 0) is 19.8 Å². The highest BCUT2D eigenvalue weighted by molar-refractivity contribution is 5.92. The van der Waals surface area contributed by atoms with Gasteiger partial charge in [-0.2, -0.15) is 5.10 Å². The van der Waals surface area contributed by atoms with Crippen LogP contribution in [-0.4, -0.2) is 28.3 Å². The van der Waals surface area contributed by atoms with Gasteiger partial charge < -0.3 is 10.6 Å². The molecule has 2 N–H and O–H groups in total. The zero-order valence-corrected chi connectivity index (χ0v) is 10.5. The van der Waals surface area contributed by atoms with Crippen LogP contribution in [0.4, 0.5) is 5.69 Å². The van der Waals surface area contributed by atoms with Crippen LogP contribution in [0, 0.1) is 6.92 Å². The van der Waals surface area contributed by atoms with Crippen molar-refractivity contribution in [3.8, 4) is 0 Å². The first kappa shape index (κ1) is 12.1. The number of carbonyl (C=O) groups is 1. The molecule has 0 aliphatic heterocycles. The zero-order chi connectivity index (χ0) is 12.3. The number of aromatic nitrogens is 2. The number of carbonyl (C=O) groups excluding carboxylic acids is 1. The summed E-state index contributed by atoms with van der Waals surface area (Å²) in [6.45, 7) is 2.28. The summed E-state index contributed by atoms with van der Waals surface area (Å²) >= 11 is 0. The third-order valence-corrected chi connectivity index (χ3v) is 3.19. The Morgan fingerprint density at radius 2 is 2.24 bits per heavy atom. The second-order valence-corrected chi connectivity index (χ2v) is 4.71. The average molecular weight is 236 g/mol. The Hall–Kier alpha value is -1.36. The number of hydrogen-bond donors (Lipinski definition) is 2. The predicted molar refractivity (Wildman–Crippen MR) is 66.8 cm³/mol. The van der Waals surface area contributed by atoms with Gasteiger partial charge in [0, 0.05) is 19.3 Å². The largest absolute Gasteiger partial charge is 0.322 e. The molecule has 1 saturated carbocycles. The summed E-state index contributed by atoms with van der Waals surface area (Å²) in [5, 5.41) is 10.3. The zero-order valence-electron chi connectivity index (χ0n) is 10.5. The third-order valence-electron chi connectivity index (χ3n) is 3.19. The molecule has 0 unspecified atom stereocenters. The van der Waals surface area contributed by atoms with E-state index in [2.05, 4.69) is 15.7 Å². The summed E-state index contributed by atoms with van der Waals surface area (Å²) in [4.78, 5) is 11.7. The van der Waals surface area contributed by atoms with Crippen molar-refractivity contribution in [2.45, 2.75) is 38.6 Å². The fraction of sp³-hybridized carbons (Fsp3) is 0.667. The fourth-order valence-corrected chi connectivity index (χ4v) is 2.28. The molecule has 0 atom stereocenters. The molecule has 94 valence electrons. The van der Waals surface area contributed by atoms with E-state index in [0.29, 0.717) is 12.6 Å². The lowest BCUT2D eigenvalue weighted by molar-refractivity contribution is -0.115. The van der Waals surface area contributed by atoms with Crippen molar-refractivity contribution in [3.05, 3.63) is 11.9 Å². The first-order valence-corrected chi connectivity index (χ1v) is 6.18. The molecule has 1 aliphatic carbocycles. The van der Waals surface area contributed by atoms with Crippen molar-refractivity contribution < 1.29 is 4.79 Å². The lowest BCUT2D eigenvalue weighted by atomic mass is 10.2. The Bertz CT molecular complexity index is 393. The van der Waals surface area contributed by atoms with Crippen LogP contribution in [0.15, 0.2) is 6.20 Å². The number of aryl methyl sites for hydroxylation is 2. The van der Waals surface area contributed by atoms with Crippen molar-refractivity contribution in [3.63, 3.8) is 0 Å². The Kier molecular flexibility index (Phi) is 3.78. The maximum Gasteiger partial charge on any atom is 0.238 e. The first-order valence-electron chi connectivity index (χ1n) is 6.18. The van der Waals surface area contributed by atoms with E-state index in [1.807, 2.05) is 20.2 Å². The van der Waals surface area contributed by atoms with Gasteiger partial charge in [0.1, 0.15) is 0 Å². The second-order valence-electron chi connectivity index (χ2n) is 4.71. The highest BCUT2D eigenvalue weighted by Gasteiger charge is 2.15. The van der Waals surface area contributed by atoms with Gasteiger partial charge in [0.15, 0.2) is 0 Å². The maximum atomic E-state index is 11.7. The van der Waals surface area contributed by atoms with Crippen LogP contribution in [-0.2, 0) is 11.8 Å². The van der Waals surface area contributed by atoms with E-state index < -0.39 is 0 Å². The van der Waals surface area contributed by atoms with E-state index >= 15 is 0 Å². The van der Waals surface area contributed by atoms with Gasteiger partial charge >= 0.3 is 0 Å². The van der Waals surface area contributed by atoms with Crippen LogP contribution >= 0.6 is 0 Å². The van der Waals surface area contributed by atoms with Crippen LogP contribution in [0.25, 0.3) is 0 Å². The second kappa shape index (κ2) is 5.31. The minimum atomic E-state index is 0.00741. The van der Waals surface area contributed by atoms with Crippen molar-refractivity contribution in [1.29, 1.82) is 0 Å². The van der Waals surface area contributed by atoms with E-state index in [-0.39, 0.29) is 5.91 Å². The van der Waals surface area contributed by atoms with Gasteiger partial charge in [-0.3, -0.25) is 9.48 Å². The molecule has 1 fully saturated rings. The molecule has 5 nitrogen and oxygen atoms in total. The lowest BCUT2D eigenvalue weighted by Crippen LogP contribution is -2.34. The molecule has 0 spiro atoms. The molecule has 1 aromatic rings. The third kappa shape index (κ3) is 3.30. The molecule has 17 heavy (non-hydrogen) atoms. The summed E-state index contributed by atoms with van der Waals surface area (Å²) in [5.41, 5.74) is 1.65. The molecule has 0 aromatic carbocycles. The first-order chi connectivity index (χ1) is 8.15. The molecular weight excluding hydrogens is 216 g/mol. The molecule has 1 aliphatic rings. The molecule has 0 radical (unpaired) electrons. The van der Waals surface area contributed by atoms with Crippen LogP contribution in [0.2, 0.25) is 0 Å². The highest BCUT2D eigenvalue weighted by atomic mass is 16.1. The molecule has 2 rings (SSSR count). The minimum absolute atomic E-state index is 0.00741. The number of hydrogen-bond acceptors (Lipinski definition) is 3. The molecule has 5 heteroatoms. The van der Waals surface area contributed by atoms with Crippen LogP contribution in [0.3, 0.4) is 0 Å². The van der Waals surface area contributed by atoms with E-state index in [0.717, 1.165) is 11.4 Å². The number of rotatable bonds is 4. The van der Waals surface area contributed by atoms with E-state index in [4.69, 9.17) is 0 Å². The summed E-state index contributed by atoms with van der Waals surface area (Å²) < 4.78 is 1.70. The van der Waals surface area contributed by atoms with Crippen molar-refractivity contribution >= 4 is 11.6 Å². The topological polar surface area (TPSA) is 59.0 Å². The smallest absolute Gasteiger partial charge is 0.238 e. The maximum absolute atomic E-state index is 11.7. The van der Waals surface area contributed by atoms with Gasteiger partial charge in [-0.1, -0.05) is 12.8 Å². The lowest BCUT2D eigenvalue weighted by Gasteiger charge is -2.11. The van der Waals surface area contributed by atoms with Crippen molar-refractivity contribution in [2.24, 2.45) is 7.05 Å². The number of amides is 1. The molecule has 0 saturated heterocycles. The van der Waals surface area contributed by atoms with Gasteiger partial charge in [-0.25, -0.2) is 0 Å². The Balaban J connectivity index is 1.78. The van der Waals surface area contributed by atoms with Crippen LogP contribution in [0.1, 0.15) is 31.4 Å². The summed E-state index contributed by atoms with van der Waals surface area (Å²) in [6, 6.07) is 0.524. The number of nitrogens with one attached hydrogen (secondary N) is 2. The summed E-state index contributed by atoms with van der Waals surface area (Å²) in [7, 11) is 1.85. The fourth-order valence-electron chi connectivity index (χ4n) is 2.28. The van der Waals surface area contributed by atoms with Crippen LogP contribution in [0.5, 0.6) is 0 Å².